The number of nitrogens with zero attached hydrogens (tertiary/aromatic N) is 1. The number of hydrogen-bond donors (Lipinski definition) is 1. The van der Waals surface area contributed by atoms with Crippen molar-refractivity contribution < 1.29 is 13.9 Å². The van der Waals surface area contributed by atoms with Crippen molar-refractivity contribution in [1.29, 1.82) is 0 Å². The first-order valence-corrected chi connectivity index (χ1v) is 7.45. The van der Waals surface area contributed by atoms with Gasteiger partial charge in [0.25, 0.3) is 5.91 Å². The number of carbonyl (C=O) groups excluding carboxylic acids is 1. The first kappa shape index (κ1) is 14.6. The molecule has 0 spiro atoms. The van der Waals surface area contributed by atoms with Gasteiger partial charge in [0, 0.05) is 17.1 Å². The molecule has 6 heteroatoms. The van der Waals surface area contributed by atoms with Gasteiger partial charge in [-0.15, -0.1) is 0 Å². The number of hydrogen-bond acceptors (Lipinski definition) is 4. The molecule has 3 rings (SSSR count). The van der Waals surface area contributed by atoms with E-state index in [1.165, 1.54) is 0 Å². The van der Waals surface area contributed by atoms with E-state index in [1.807, 2.05) is 30.3 Å². The first-order chi connectivity index (χ1) is 10.7. The van der Waals surface area contributed by atoms with E-state index in [0.717, 1.165) is 15.6 Å². The molecule has 0 bridgehead atoms. The van der Waals surface area contributed by atoms with Crippen molar-refractivity contribution in [2.24, 2.45) is 0 Å². The maximum atomic E-state index is 11.2. The van der Waals surface area contributed by atoms with Crippen LogP contribution in [0.25, 0.3) is 22.6 Å². The summed E-state index contributed by atoms with van der Waals surface area (Å²) in [7, 11) is 1.57. The van der Waals surface area contributed by atoms with Crippen LogP contribution in [-0.4, -0.2) is 24.5 Å². The van der Waals surface area contributed by atoms with E-state index in [4.69, 9.17) is 9.15 Å². The first-order valence-electron chi connectivity index (χ1n) is 6.65. The third-order valence-corrected chi connectivity index (χ3v) is 3.57. The molecule has 0 atom stereocenters. The molecule has 0 aliphatic rings. The zero-order valence-corrected chi connectivity index (χ0v) is 13.4. The Morgan fingerprint density at radius 3 is 3.00 bits per heavy atom. The zero-order chi connectivity index (χ0) is 15.5. The summed E-state index contributed by atoms with van der Waals surface area (Å²) in [4.78, 5) is 15.7. The van der Waals surface area contributed by atoms with Crippen LogP contribution in [-0.2, 0) is 4.79 Å². The van der Waals surface area contributed by atoms with Crippen molar-refractivity contribution in [3.63, 3.8) is 0 Å². The predicted octanol–water partition coefficient (Wildman–Crippen LogP) is 3.38. The van der Waals surface area contributed by atoms with Crippen molar-refractivity contribution in [3.05, 3.63) is 46.9 Å². The fraction of sp³-hybridized carbons (Fsp3) is 0.125. The number of benzene rings is 2. The van der Waals surface area contributed by atoms with Gasteiger partial charge in [-0.05, 0) is 36.4 Å². The maximum Gasteiger partial charge on any atom is 0.257 e. The fourth-order valence-corrected chi connectivity index (χ4v) is 2.30. The number of ether oxygens (including phenoxy) is 1. The van der Waals surface area contributed by atoms with Crippen LogP contribution in [0.3, 0.4) is 0 Å². The number of halogens is 1. The standard InChI is InChI=1S/C16H13BrN2O3/c1-18-15(20)9-21-12-4-2-3-10(7-12)16-19-13-6-5-11(17)8-14(13)22-16/h2-8H,9H2,1H3,(H,18,20). The van der Waals surface area contributed by atoms with Crippen LogP contribution < -0.4 is 10.1 Å². The molecule has 1 heterocycles. The summed E-state index contributed by atoms with van der Waals surface area (Å²) in [5.41, 5.74) is 2.29. The SMILES string of the molecule is CNC(=O)COc1cccc(-c2nc3ccc(Br)cc3o2)c1. The Labute approximate surface area is 135 Å². The fourth-order valence-electron chi connectivity index (χ4n) is 1.96. The van der Waals surface area contributed by atoms with Crippen LogP contribution in [0.1, 0.15) is 0 Å². The smallest absolute Gasteiger partial charge is 0.257 e. The highest BCUT2D eigenvalue weighted by Gasteiger charge is 2.10. The summed E-state index contributed by atoms with van der Waals surface area (Å²) >= 11 is 3.40. The molecule has 5 nitrogen and oxygen atoms in total. The Balaban J connectivity index is 1.88. The predicted molar refractivity (Wildman–Crippen MR) is 86.7 cm³/mol. The molecule has 112 valence electrons. The lowest BCUT2D eigenvalue weighted by Crippen LogP contribution is -2.24. The van der Waals surface area contributed by atoms with E-state index in [-0.39, 0.29) is 12.5 Å². The molecule has 0 unspecified atom stereocenters. The molecule has 0 saturated carbocycles. The molecule has 0 aliphatic carbocycles. The second-order valence-corrected chi connectivity index (χ2v) is 5.54. The molecule has 1 amide bonds. The number of nitrogens with one attached hydrogen (secondary N) is 1. The van der Waals surface area contributed by atoms with Gasteiger partial charge in [-0.3, -0.25) is 4.79 Å². The summed E-state index contributed by atoms with van der Waals surface area (Å²) < 4.78 is 12.1. The number of carbonyl (C=O) groups is 1. The largest absolute Gasteiger partial charge is 0.484 e. The second kappa shape index (κ2) is 6.19. The third kappa shape index (κ3) is 3.12. The highest BCUT2D eigenvalue weighted by Crippen LogP contribution is 2.28. The monoisotopic (exact) mass is 360 g/mol. The lowest BCUT2D eigenvalue weighted by molar-refractivity contribution is -0.122. The molecule has 1 aromatic heterocycles. The molecular weight excluding hydrogens is 348 g/mol. The van der Waals surface area contributed by atoms with E-state index < -0.39 is 0 Å². The number of fused-ring (bicyclic) bond motifs is 1. The van der Waals surface area contributed by atoms with E-state index >= 15 is 0 Å². The van der Waals surface area contributed by atoms with Gasteiger partial charge in [0.15, 0.2) is 12.2 Å². The normalized spacial score (nSPS) is 10.6. The van der Waals surface area contributed by atoms with E-state index in [0.29, 0.717) is 17.2 Å². The lowest BCUT2D eigenvalue weighted by Gasteiger charge is -2.05. The third-order valence-electron chi connectivity index (χ3n) is 3.08. The Bertz CT molecular complexity index is 829. The van der Waals surface area contributed by atoms with E-state index in [2.05, 4.69) is 26.2 Å². The van der Waals surface area contributed by atoms with Gasteiger partial charge >= 0.3 is 0 Å². The molecule has 1 N–H and O–H groups in total. The van der Waals surface area contributed by atoms with Gasteiger partial charge in [0.1, 0.15) is 11.3 Å². The molecule has 0 radical (unpaired) electrons. The van der Waals surface area contributed by atoms with Gasteiger partial charge < -0.3 is 14.5 Å². The minimum atomic E-state index is -0.183. The van der Waals surface area contributed by atoms with E-state index in [9.17, 15) is 4.79 Å². The minimum Gasteiger partial charge on any atom is -0.484 e. The van der Waals surface area contributed by atoms with Crippen LogP contribution in [0.15, 0.2) is 51.4 Å². The number of aromatic nitrogens is 1. The topological polar surface area (TPSA) is 64.4 Å². The number of amides is 1. The summed E-state index contributed by atoms with van der Waals surface area (Å²) in [5, 5.41) is 2.51. The van der Waals surface area contributed by atoms with Gasteiger partial charge in [-0.25, -0.2) is 4.98 Å². The van der Waals surface area contributed by atoms with Gasteiger partial charge in [-0.2, -0.15) is 0 Å². The van der Waals surface area contributed by atoms with Crippen molar-refractivity contribution >= 4 is 32.9 Å². The Hall–Kier alpha value is -2.34. The zero-order valence-electron chi connectivity index (χ0n) is 11.8. The van der Waals surface area contributed by atoms with Crippen LogP contribution in [0, 0.1) is 0 Å². The lowest BCUT2D eigenvalue weighted by atomic mass is 10.2. The summed E-state index contributed by atoms with van der Waals surface area (Å²) in [5.74, 6) is 0.917. The van der Waals surface area contributed by atoms with Gasteiger partial charge in [0.2, 0.25) is 5.89 Å². The average Bonchev–Trinajstić information content (AvgIpc) is 2.96. The van der Waals surface area contributed by atoms with Gasteiger partial charge in [0.05, 0.1) is 0 Å². The summed E-state index contributed by atoms with van der Waals surface area (Å²) in [6.07, 6.45) is 0. The molecule has 3 aromatic rings. The molecule has 0 aliphatic heterocycles. The number of rotatable bonds is 4. The van der Waals surface area contributed by atoms with Crippen molar-refractivity contribution in [3.8, 4) is 17.2 Å². The van der Waals surface area contributed by atoms with Crippen molar-refractivity contribution in [2.45, 2.75) is 0 Å². The van der Waals surface area contributed by atoms with Crippen LogP contribution in [0.5, 0.6) is 5.75 Å². The van der Waals surface area contributed by atoms with Crippen molar-refractivity contribution in [1.82, 2.24) is 10.3 Å². The molecule has 0 fully saturated rings. The average molecular weight is 361 g/mol. The highest BCUT2D eigenvalue weighted by atomic mass is 79.9. The Morgan fingerprint density at radius 2 is 2.18 bits per heavy atom. The Morgan fingerprint density at radius 1 is 1.32 bits per heavy atom. The second-order valence-electron chi connectivity index (χ2n) is 4.62. The van der Waals surface area contributed by atoms with Crippen molar-refractivity contribution in [2.75, 3.05) is 13.7 Å². The van der Waals surface area contributed by atoms with Crippen LogP contribution >= 0.6 is 15.9 Å². The molecule has 2 aromatic carbocycles. The number of likely N-dealkylation sites (N-methyl/N-ethyl adjacent to an activating group) is 1. The van der Waals surface area contributed by atoms with Crippen LogP contribution in [0.2, 0.25) is 0 Å². The quantitative estimate of drug-likeness (QED) is 0.774. The molecular formula is C16H13BrN2O3. The Kier molecular flexibility index (Phi) is 4.11. The highest BCUT2D eigenvalue weighted by molar-refractivity contribution is 9.10. The maximum absolute atomic E-state index is 11.2. The van der Waals surface area contributed by atoms with E-state index in [1.54, 1.807) is 19.2 Å². The van der Waals surface area contributed by atoms with Crippen LogP contribution in [0.4, 0.5) is 0 Å². The van der Waals surface area contributed by atoms with Gasteiger partial charge in [-0.1, -0.05) is 22.0 Å². The molecule has 0 saturated heterocycles. The summed E-state index contributed by atoms with van der Waals surface area (Å²) in [6.45, 7) is -0.0273. The number of oxazole rings is 1. The molecule has 22 heavy (non-hydrogen) atoms. The summed E-state index contributed by atoms with van der Waals surface area (Å²) in [6, 6.07) is 13.0. The minimum absolute atomic E-state index is 0.0273.